The second-order valence-corrected chi connectivity index (χ2v) is 11.2. The number of hydrogen-bond donors (Lipinski definition) is 0. The van der Waals surface area contributed by atoms with E-state index in [-0.39, 0.29) is 9.79 Å². The maximum atomic E-state index is 13.1. The van der Waals surface area contributed by atoms with Gasteiger partial charge in [0.2, 0.25) is 20.0 Å². The van der Waals surface area contributed by atoms with Gasteiger partial charge in [0.1, 0.15) is 0 Å². The van der Waals surface area contributed by atoms with Crippen LogP contribution in [0.25, 0.3) is 0 Å². The molecule has 0 N–H and O–H groups in total. The minimum Gasteiger partial charge on any atom is -0.285 e. The van der Waals surface area contributed by atoms with Gasteiger partial charge in [-0.05, 0) is 36.2 Å². The highest BCUT2D eigenvalue weighted by molar-refractivity contribution is 7.89. The molecule has 0 spiro atoms. The first-order valence-electron chi connectivity index (χ1n) is 10.2. The highest BCUT2D eigenvalue weighted by Gasteiger charge is 2.30. The van der Waals surface area contributed by atoms with Crippen molar-refractivity contribution in [3.05, 3.63) is 60.2 Å². The van der Waals surface area contributed by atoms with Gasteiger partial charge in [0, 0.05) is 32.7 Å². The average molecular weight is 452 g/mol. The van der Waals surface area contributed by atoms with Crippen LogP contribution in [0, 0.1) is 0 Å². The number of sulfonamides is 2. The van der Waals surface area contributed by atoms with E-state index in [9.17, 15) is 16.8 Å². The largest absolute Gasteiger partial charge is 0.285 e. The number of nitrogens with zero attached hydrogens (tertiary/aromatic N) is 3. The molecular formula is C21H29N3O4S2. The monoisotopic (exact) mass is 451 g/mol. The molecule has 0 bridgehead atoms. The van der Waals surface area contributed by atoms with Crippen LogP contribution in [0.1, 0.15) is 25.8 Å². The third-order valence-corrected chi connectivity index (χ3v) is 9.20. The van der Waals surface area contributed by atoms with Gasteiger partial charge in [-0.25, -0.2) is 16.8 Å². The fourth-order valence-electron chi connectivity index (χ4n) is 3.65. The van der Waals surface area contributed by atoms with Crippen LogP contribution < -0.4 is 0 Å². The van der Waals surface area contributed by atoms with Gasteiger partial charge in [-0.15, -0.1) is 0 Å². The molecule has 0 saturated carbocycles. The molecular weight excluding hydrogens is 422 g/mol. The lowest BCUT2D eigenvalue weighted by Crippen LogP contribution is -2.47. The maximum absolute atomic E-state index is 13.1. The standard InChI is InChI=1S/C21H29N3O4S2/c1-3-23(4-2)29(25,26)20-11-13-21(14-12-20)30(27,28)24-16-8-15-22(18-24)17-19-9-6-5-7-10-19/h5-7,9-14H,3-4,8,15-18H2,1-2H3. The molecule has 0 unspecified atom stereocenters. The summed E-state index contributed by atoms with van der Waals surface area (Å²) in [4.78, 5) is 2.33. The Morgan fingerprint density at radius 1 is 0.833 bits per heavy atom. The van der Waals surface area contributed by atoms with Gasteiger partial charge in [-0.3, -0.25) is 4.90 Å². The van der Waals surface area contributed by atoms with Gasteiger partial charge in [0.05, 0.1) is 16.5 Å². The molecule has 0 amide bonds. The topological polar surface area (TPSA) is 78.0 Å². The molecule has 1 heterocycles. The molecule has 1 aliphatic heterocycles. The summed E-state index contributed by atoms with van der Waals surface area (Å²) < 4.78 is 54.3. The van der Waals surface area contributed by atoms with Crippen LogP contribution in [-0.4, -0.2) is 63.2 Å². The predicted molar refractivity (Wildman–Crippen MR) is 117 cm³/mol. The van der Waals surface area contributed by atoms with Crippen molar-refractivity contribution in [2.45, 2.75) is 36.6 Å². The molecule has 9 heteroatoms. The molecule has 0 atom stereocenters. The summed E-state index contributed by atoms with van der Waals surface area (Å²) in [5.74, 6) is 0. The third-order valence-electron chi connectivity index (χ3n) is 5.29. The van der Waals surface area contributed by atoms with Crippen LogP contribution in [0.3, 0.4) is 0 Å². The summed E-state index contributed by atoms with van der Waals surface area (Å²) >= 11 is 0. The molecule has 0 aliphatic carbocycles. The van der Waals surface area contributed by atoms with Crippen LogP contribution in [-0.2, 0) is 26.6 Å². The maximum Gasteiger partial charge on any atom is 0.244 e. The summed E-state index contributed by atoms with van der Waals surface area (Å²) in [7, 11) is -7.31. The zero-order valence-corrected chi connectivity index (χ0v) is 19.1. The molecule has 0 radical (unpaired) electrons. The minimum atomic E-state index is -3.70. The van der Waals surface area contributed by atoms with Gasteiger partial charge in [0.25, 0.3) is 0 Å². The van der Waals surface area contributed by atoms with Crippen molar-refractivity contribution in [2.24, 2.45) is 0 Å². The molecule has 3 rings (SSSR count). The van der Waals surface area contributed by atoms with Crippen LogP contribution in [0.5, 0.6) is 0 Å². The number of rotatable bonds is 8. The molecule has 30 heavy (non-hydrogen) atoms. The quantitative estimate of drug-likeness (QED) is 0.616. The molecule has 1 aliphatic rings. The van der Waals surface area contributed by atoms with Gasteiger partial charge in [0.15, 0.2) is 0 Å². The first kappa shape index (κ1) is 22.9. The predicted octanol–water partition coefficient (Wildman–Crippen LogP) is 2.57. The van der Waals surface area contributed by atoms with Gasteiger partial charge in [-0.1, -0.05) is 44.2 Å². The second-order valence-electron chi connectivity index (χ2n) is 7.27. The Hall–Kier alpha value is -1.78. The van der Waals surface area contributed by atoms with E-state index in [0.717, 1.165) is 18.5 Å². The van der Waals surface area contributed by atoms with Gasteiger partial charge >= 0.3 is 0 Å². The summed E-state index contributed by atoms with van der Waals surface area (Å²) in [6.07, 6.45) is 0.750. The van der Waals surface area contributed by atoms with Gasteiger partial charge in [-0.2, -0.15) is 8.61 Å². The van der Waals surface area contributed by atoms with Crippen molar-refractivity contribution in [3.63, 3.8) is 0 Å². The van der Waals surface area contributed by atoms with Crippen LogP contribution >= 0.6 is 0 Å². The lowest BCUT2D eigenvalue weighted by Gasteiger charge is -2.34. The Morgan fingerprint density at radius 3 is 2.03 bits per heavy atom. The minimum absolute atomic E-state index is 0.106. The molecule has 1 saturated heterocycles. The highest BCUT2D eigenvalue weighted by Crippen LogP contribution is 2.23. The molecule has 0 aromatic heterocycles. The average Bonchev–Trinajstić information content (AvgIpc) is 2.75. The van der Waals surface area contributed by atoms with Crippen molar-refractivity contribution in [3.8, 4) is 0 Å². The van der Waals surface area contributed by atoms with Gasteiger partial charge < -0.3 is 0 Å². The fourth-order valence-corrected chi connectivity index (χ4v) is 6.57. The Bertz CT molecular complexity index is 1040. The Kier molecular flexibility index (Phi) is 7.30. The Labute approximate surface area is 180 Å². The van der Waals surface area contributed by atoms with Crippen molar-refractivity contribution in [1.29, 1.82) is 0 Å². The second kappa shape index (κ2) is 9.57. The summed E-state index contributed by atoms with van der Waals surface area (Å²) in [6, 6.07) is 15.5. The highest BCUT2D eigenvalue weighted by atomic mass is 32.2. The summed E-state index contributed by atoms with van der Waals surface area (Å²) in [5.41, 5.74) is 1.14. The lowest BCUT2D eigenvalue weighted by atomic mass is 10.2. The van der Waals surface area contributed by atoms with E-state index in [4.69, 9.17) is 0 Å². The number of benzene rings is 2. The number of hydrogen-bond acceptors (Lipinski definition) is 5. The Balaban J connectivity index is 1.76. The first-order valence-corrected chi connectivity index (χ1v) is 13.0. The fraction of sp³-hybridized carbons (Fsp3) is 0.429. The summed E-state index contributed by atoms with van der Waals surface area (Å²) in [5, 5.41) is 0. The smallest absolute Gasteiger partial charge is 0.244 e. The van der Waals surface area contributed by atoms with E-state index in [1.54, 1.807) is 13.8 Å². The van der Waals surface area contributed by atoms with Crippen molar-refractivity contribution < 1.29 is 16.8 Å². The molecule has 1 fully saturated rings. The van der Waals surface area contributed by atoms with E-state index in [0.29, 0.717) is 32.8 Å². The third kappa shape index (κ3) is 4.92. The van der Waals surface area contributed by atoms with E-state index in [1.165, 1.54) is 32.9 Å². The molecule has 2 aromatic rings. The van der Waals surface area contributed by atoms with Crippen molar-refractivity contribution >= 4 is 20.0 Å². The van der Waals surface area contributed by atoms with E-state index in [1.807, 2.05) is 30.3 Å². The Morgan fingerprint density at radius 2 is 1.43 bits per heavy atom. The SMILES string of the molecule is CCN(CC)S(=O)(=O)c1ccc(S(=O)(=O)N2CCCN(Cc3ccccc3)C2)cc1. The van der Waals surface area contributed by atoms with E-state index in [2.05, 4.69) is 4.90 Å². The van der Waals surface area contributed by atoms with Crippen LogP contribution in [0.2, 0.25) is 0 Å². The summed E-state index contributed by atoms with van der Waals surface area (Å²) in [6.45, 7) is 6.57. The zero-order valence-electron chi connectivity index (χ0n) is 17.4. The van der Waals surface area contributed by atoms with E-state index >= 15 is 0 Å². The van der Waals surface area contributed by atoms with E-state index < -0.39 is 20.0 Å². The lowest BCUT2D eigenvalue weighted by molar-refractivity contribution is 0.140. The normalized spacial score (nSPS) is 16.8. The van der Waals surface area contributed by atoms with Crippen molar-refractivity contribution in [1.82, 2.24) is 13.5 Å². The molecule has 7 nitrogen and oxygen atoms in total. The first-order chi connectivity index (χ1) is 14.3. The zero-order chi connectivity index (χ0) is 21.8. The molecule has 2 aromatic carbocycles. The molecule has 164 valence electrons. The van der Waals surface area contributed by atoms with Crippen LogP contribution in [0.15, 0.2) is 64.4 Å². The van der Waals surface area contributed by atoms with Crippen LogP contribution in [0.4, 0.5) is 0 Å². The van der Waals surface area contributed by atoms with Crippen molar-refractivity contribution in [2.75, 3.05) is 32.8 Å².